The molecule has 0 bridgehead atoms. The Hall–Kier alpha value is -1.43. The van der Waals surface area contributed by atoms with Gasteiger partial charge >= 0.3 is 5.97 Å². The maximum absolute atomic E-state index is 11.3. The quantitative estimate of drug-likeness (QED) is 0.859. The van der Waals surface area contributed by atoms with E-state index < -0.39 is 11.5 Å². The summed E-state index contributed by atoms with van der Waals surface area (Å²) in [4.78, 5) is 11.3. The van der Waals surface area contributed by atoms with Gasteiger partial charge < -0.3 is 9.84 Å². The fraction of sp³-hybridized carbons (Fsp3) is 0.727. The van der Waals surface area contributed by atoms with Crippen molar-refractivity contribution < 1.29 is 14.6 Å². The van der Waals surface area contributed by atoms with Crippen LogP contribution in [-0.2, 0) is 15.1 Å². The van der Waals surface area contributed by atoms with Crippen LogP contribution in [0, 0.1) is 6.92 Å². The van der Waals surface area contributed by atoms with Gasteiger partial charge in [-0.2, -0.15) is 0 Å². The average molecular weight is 239 g/mol. The Bertz CT molecular complexity index is 433. The Morgan fingerprint density at radius 1 is 1.53 bits per heavy atom. The molecule has 1 N–H and O–H groups in total. The third kappa shape index (κ3) is 1.93. The lowest BCUT2D eigenvalue weighted by Crippen LogP contribution is -2.38. The molecule has 94 valence electrons. The lowest BCUT2D eigenvalue weighted by molar-refractivity contribution is -0.146. The van der Waals surface area contributed by atoms with Crippen molar-refractivity contribution >= 4 is 5.97 Å². The van der Waals surface area contributed by atoms with Gasteiger partial charge in [-0.15, -0.1) is 10.2 Å². The van der Waals surface area contributed by atoms with Crippen LogP contribution in [0.15, 0.2) is 0 Å². The van der Waals surface area contributed by atoms with Crippen LogP contribution in [0.2, 0.25) is 0 Å². The minimum Gasteiger partial charge on any atom is -0.480 e. The Labute approximate surface area is 99.6 Å². The fourth-order valence-electron chi connectivity index (χ4n) is 2.16. The predicted molar refractivity (Wildman–Crippen MR) is 59.6 cm³/mol. The molecule has 1 saturated heterocycles. The summed E-state index contributed by atoms with van der Waals surface area (Å²) in [7, 11) is 0. The number of hydrogen-bond donors (Lipinski definition) is 1. The fourth-order valence-corrected chi connectivity index (χ4v) is 2.16. The van der Waals surface area contributed by atoms with Gasteiger partial charge in [-0.25, -0.2) is 4.79 Å². The number of hydrogen-bond acceptors (Lipinski definition) is 4. The summed E-state index contributed by atoms with van der Waals surface area (Å²) in [6, 6.07) is 0. The molecule has 2 rings (SSSR count). The number of carboxylic acids is 1. The van der Waals surface area contributed by atoms with Gasteiger partial charge in [-0.3, -0.25) is 4.57 Å². The molecule has 1 fully saturated rings. The molecule has 0 aromatic carbocycles. The number of nitrogens with zero attached hydrogens (tertiary/aromatic N) is 3. The molecule has 1 unspecified atom stereocenters. The molecular formula is C11H17N3O3. The van der Waals surface area contributed by atoms with Crippen LogP contribution in [0.5, 0.6) is 0 Å². The zero-order chi connectivity index (χ0) is 12.6. The zero-order valence-corrected chi connectivity index (χ0v) is 10.3. The average Bonchev–Trinajstić information content (AvgIpc) is 2.85. The largest absolute Gasteiger partial charge is 0.480 e. The summed E-state index contributed by atoms with van der Waals surface area (Å²) in [5, 5.41) is 17.3. The van der Waals surface area contributed by atoms with Gasteiger partial charge in [0.1, 0.15) is 17.5 Å². The van der Waals surface area contributed by atoms with Crippen molar-refractivity contribution in [3.8, 4) is 0 Å². The Balaban J connectivity index is 2.45. The zero-order valence-electron chi connectivity index (χ0n) is 10.3. The number of carbonyl (C=O) groups is 1. The van der Waals surface area contributed by atoms with Crippen LogP contribution in [0.25, 0.3) is 0 Å². The van der Waals surface area contributed by atoms with Crippen LogP contribution < -0.4 is 0 Å². The highest BCUT2D eigenvalue weighted by molar-refractivity contribution is 5.75. The van der Waals surface area contributed by atoms with Gasteiger partial charge in [0.25, 0.3) is 0 Å². The second-order valence-electron chi connectivity index (χ2n) is 4.81. The summed E-state index contributed by atoms with van der Waals surface area (Å²) in [6.07, 6.45) is 1.72. The van der Waals surface area contributed by atoms with E-state index in [1.54, 1.807) is 25.3 Å². The number of aliphatic carboxylic acids is 1. The Morgan fingerprint density at radius 3 is 2.76 bits per heavy atom. The topological polar surface area (TPSA) is 77.2 Å². The molecule has 0 spiro atoms. The maximum atomic E-state index is 11.3. The highest BCUT2D eigenvalue weighted by Crippen LogP contribution is 2.31. The molecular weight excluding hydrogens is 222 g/mol. The van der Waals surface area contributed by atoms with Gasteiger partial charge in [0, 0.05) is 6.61 Å². The SMILES string of the molecule is Cc1nnc(C2CCCO2)n1C(C)(C)C(=O)O. The number of aryl methyl sites for hydroxylation is 1. The third-order valence-electron chi connectivity index (χ3n) is 3.15. The molecule has 1 aromatic rings. The molecule has 1 aliphatic heterocycles. The summed E-state index contributed by atoms with van der Waals surface area (Å²) >= 11 is 0. The van der Waals surface area contributed by atoms with Crippen molar-refractivity contribution in [1.29, 1.82) is 0 Å². The van der Waals surface area contributed by atoms with Crippen LogP contribution in [0.4, 0.5) is 0 Å². The van der Waals surface area contributed by atoms with Crippen molar-refractivity contribution in [1.82, 2.24) is 14.8 Å². The number of aromatic nitrogens is 3. The van der Waals surface area contributed by atoms with E-state index >= 15 is 0 Å². The monoisotopic (exact) mass is 239 g/mol. The van der Waals surface area contributed by atoms with E-state index in [1.807, 2.05) is 0 Å². The molecule has 0 radical (unpaired) electrons. The molecule has 0 saturated carbocycles. The van der Waals surface area contributed by atoms with E-state index in [4.69, 9.17) is 4.74 Å². The van der Waals surface area contributed by atoms with E-state index in [9.17, 15) is 9.90 Å². The van der Waals surface area contributed by atoms with Crippen molar-refractivity contribution in [2.75, 3.05) is 6.61 Å². The van der Waals surface area contributed by atoms with Gasteiger partial charge in [-0.1, -0.05) is 0 Å². The van der Waals surface area contributed by atoms with Crippen LogP contribution in [0.1, 0.15) is 44.4 Å². The van der Waals surface area contributed by atoms with Crippen molar-refractivity contribution in [2.45, 2.75) is 45.3 Å². The minimum atomic E-state index is -1.06. The minimum absolute atomic E-state index is 0.130. The first-order valence-corrected chi connectivity index (χ1v) is 5.72. The summed E-state index contributed by atoms with van der Waals surface area (Å²) in [5.41, 5.74) is -1.06. The summed E-state index contributed by atoms with van der Waals surface area (Å²) in [5.74, 6) is 0.315. The molecule has 1 atom stereocenters. The highest BCUT2D eigenvalue weighted by atomic mass is 16.5. The molecule has 6 nitrogen and oxygen atoms in total. The molecule has 1 aliphatic rings. The molecule has 0 amide bonds. The second kappa shape index (κ2) is 4.10. The van der Waals surface area contributed by atoms with Crippen molar-refractivity contribution in [3.05, 3.63) is 11.6 Å². The molecule has 1 aromatic heterocycles. The van der Waals surface area contributed by atoms with Crippen molar-refractivity contribution in [3.63, 3.8) is 0 Å². The molecule has 6 heteroatoms. The first kappa shape index (κ1) is 12.0. The van der Waals surface area contributed by atoms with Gasteiger partial charge in [-0.05, 0) is 33.6 Å². The Kier molecular flexibility index (Phi) is 2.91. The number of ether oxygens (including phenoxy) is 1. The summed E-state index contributed by atoms with van der Waals surface area (Å²) < 4.78 is 7.21. The second-order valence-corrected chi connectivity index (χ2v) is 4.81. The van der Waals surface area contributed by atoms with Gasteiger partial charge in [0.15, 0.2) is 5.82 Å². The van der Waals surface area contributed by atoms with E-state index in [0.717, 1.165) is 12.8 Å². The lowest BCUT2D eigenvalue weighted by atomic mass is 10.0. The van der Waals surface area contributed by atoms with Crippen LogP contribution >= 0.6 is 0 Å². The normalized spacial score (nSPS) is 20.8. The highest BCUT2D eigenvalue weighted by Gasteiger charge is 2.36. The molecule has 17 heavy (non-hydrogen) atoms. The van der Waals surface area contributed by atoms with E-state index in [-0.39, 0.29) is 6.10 Å². The standard InChI is InChI=1S/C11H17N3O3/c1-7-12-13-9(8-5-4-6-17-8)14(7)11(2,3)10(15)16/h8H,4-6H2,1-3H3,(H,15,16). The van der Waals surface area contributed by atoms with Crippen LogP contribution in [0.3, 0.4) is 0 Å². The van der Waals surface area contributed by atoms with Crippen LogP contribution in [-0.4, -0.2) is 32.4 Å². The van der Waals surface area contributed by atoms with Gasteiger partial charge in [0.05, 0.1) is 0 Å². The predicted octanol–water partition coefficient (Wildman–Crippen LogP) is 1.26. The van der Waals surface area contributed by atoms with E-state index in [0.29, 0.717) is 18.3 Å². The molecule has 2 heterocycles. The summed E-state index contributed by atoms with van der Waals surface area (Å²) in [6.45, 7) is 5.74. The third-order valence-corrected chi connectivity index (χ3v) is 3.15. The lowest BCUT2D eigenvalue weighted by Gasteiger charge is -2.25. The van der Waals surface area contributed by atoms with Crippen molar-refractivity contribution in [2.24, 2.45) is 0 Å². The number of carboxylic acid groups (broad SMARTS) is 1. The van der Waals surface area contributed by atoms with E-state index in [2.05, 4.69) is 10.2 Å². The first-order chi connectivity index (χ1) is 7.94. The smallest absolute Gasteiger partial charge is 0.329 e. The maximum Gasteiger partial charge on any atom is 0.329 e. The first-order valence-electron chi connectivity index (χ1n) is 5.72. The Morgan fingerprint density at radius 2 is 2.24 bits per heavy atom. The van der Waals surface area contributed by atoms with Gasteiger partial charge in [0.2, 0.25) is 0 Å². The van der Waals surface area contributed by atoms with E-state index in [1.165, 1.54) is 0 Å². The molecule has 0 aliphatic carbocycles. The number of rotatable bonds is 3.